The lowest BCUT2D eigenvalue weighted by atomic mass is 10.1. The Labute approximate surface area is 120 Å². The molecule has 0 unspecified atom stereocenters. The number of rotatable bonds is 4. The molecule has 3 nitrogen and oxygen atoms in total. The smallest absolute Gasteiger partial charge is 0.335 e. The molecule has 0 saturated carbocycles. The number of hydrogen-bond donors (Lipinski definition) is 1. The number of carboxylic acids is 1. The first kappa shape index (κ1) is 12.8. The van der Waals surface area contributed by atoms with E-state index in [0.29, 0.717) is 5.56 Å². The number of benzene rings is 2. The van der Waals surface area contributed by atoms with E-state index in [1.165, 1.54) is 5.56 Å². The van der Waals surface area contributed by atoms with Gasteiger partial charge >= 0.3 is 5.97 Å². The van der Waals surface area contributed by atoms with Gasteiger partial charge in [-0.25, -0.2) is 9.78 Å². The summed E-state index contributed by atoms with van der Waals surface area (Å²) in [6.07, 6.45) is 1.83. The van der Waals surface area contributed by atoms with Crippen LogP contribution >= 0.6 is 11.3 Å². The fourth-order valence-corrected chi connectivity index (χ4v) is 3.11. The molecule has 3 rings (SSSR count). The van der Waals surface area contributed by atoms with Crippen LogP contribution in [-0.4, -0.2) is 16.1 Å². The second-order valence-electron chi connectivity index (χ2n) is 4.58. The van der Waals surface area contributed by atoms with Crippen molar-refractivity contribution in [1.29, 1.82) is 0 Å². The zero-order valence-corrected chi connectivity index (χ0v) is 11.6. The Hall–Kier alpha value is -2.20. The predicted molar refractivity (Wildman–Crippen MR) is 80.4 cm³/mol. The highest BCUT2D eigenvalue weighted by atomic mass is 32.1. The van der Waals surface area contributed by atoms with Crippen molar-refractivity contribution in [2.24, 2.45) is 0 Å². The molecule has 0 bridgehead atoms. The lowest BCUT2D eigenvalue weighted by Gasteiger charge is -1.97. The van der Waals surface area contributed by atoms with Gasteiger partial charge in [-0.1, -0.05) is 30.3 Å². The van der Waals surface area contributed by atoms with Gasteiger partial charge in [0.05, 0.1) is 20.8 Å². The minimum Gasteiger partial charge on any atom is -0.478 e. The molecule has 1 aromatic heterocycles. The second-order valence-corrected chi connectivity index (χ2v) is 5.70. The maximum atomic E-state index is 10.9. The van der Waals surface area contributed by atoms with Crippen molar-refractivity contribution in [1.82, 2.24) is 4.98 Å². The zero-order chi connectivity index (χ0) is 13.9. The Bertz CT molecular complexity index is 750. The quantitative estimate of drug-likeness (QED) is 0.792. The molecule has 3 aromatic rings. The van der Waals surface area contributed by atoms with Gasteiger partial charge in [-0.15, -0.1) is 11.3 Å². The van der Waals surface area contributed by atoms with Crippen molar-refractivity contribution in [3.05, 3.63) is 64.7 Å². The van der Waals surface area contributed by atoms with E-state index < -0.39 is 5.97 Å². The van der Waals surface area contributed by atoms with E-state index in [2.05, 4.69) is 17.1 Å². The molecule has 0 atom stereocenters. The Balaban J connectivity index is 1.80. The summed E-state index contributed by atoms with van der Waals surface area (Å²) in [5.41, 5.74) is 2.48. The highest BCUT2D eigenvalue weighted by Crippen LogP contribution is 2.24. The number of carbonyl (C=O) groups is 1. The van der Waals surface area contributed by atoms with E-state index in [-0.39, 0.29) is 0 Å². The van der Waals surface area contributed by atoms with Crippen LogP contribution in [0, 0.1) is 0 Å². The first-order chi connectivity index (χ1) is 9.72. The van der Waals surface area contributed by atoms with Crippen LogP contribution in [0.1, 0.15) is 20.9 Å². The Morgan fingerprint density at radius 3 is 2.65 bits per heavy atom. The maximum Gasteiger partial charge on any atom is 0.335 e. The second kappa shape index (κ2) is 5.43. The van der Waals surface area contributed by atoms with E-state index in [4.69, 9.17) is 5.11 Å². The molecule has 0 spiro atoms. The van der Waals surface area contributed by atoms with Crippen LogP contribution in [0.2, 0.25) is 0 Å². The van der Waals surface area contributed by atoms with E-state index in [1.54, 1.807) is 29.5 Å². The van der Waals surface area contributed by atoms with Crippen molar-refractivity contribution < 1.29 is 9.90 Å². The van der Waals surface area contributed by atoms with Gasteiger partial charge in [-0.3, -0.25) is 0 Å². The van der Waals surface area contributed by atoms with Gasteiger partial charge in [0.25, 0.3) is 0 Å². The van der Waals surface area contributed by atoms with Gasteiger partial charge in [0.1, 0.15) is 0 Å². The molecule has 0 saturated heterocycles. The van der Waals surface area contributed by atoms with E-state index in [9.17, 15) is 4.79 Å². The summed E-state index contributed by atoms with van der Waals surface area (Å²) >= 11 is 1.57. The van der Waals surface area contributed by atoms with E-state index >= 15 is 0 Å². The Morgan fingerprint density at radius 2 is 1.90 bits per heavy atom. The average Bonchev–Trinajstić information content (AvgIpc) is 2.88. The van der Waals surface area contributed by atoms with Crippen LogP contribution in [0.3, 0.4) is 0 Å². The average molecular weight is 283 g/mol. The molecule has 0 aliphatic heterocycles. The molecule has 0 aliphatic rings. The Kier molecular flexibility index (Phi) is 3.48. The molecule has 0 radical (unpaired) electrons. The fraction of sp³-hybridized carbons (Fsp3) is 0.125. The maximum absolute atomic E-state index is 10.9. The van der Waals surface area contributed by atoms with Gasteiger partial charge in [0.15, 0.2) is 0 Å². The summed E-state index contributed by atoms with van der Waals surface area (Å²) in [6.45, 7) is 0. The number of carboxylic acid groups (broad SMARTS) is 1. The first-order valence-corrected chi connectivity index (χ1v) is 7.21. The summed E-state index contributed by atoms with van der Waals surface area (Å²) in [7, 11) is 0. The lowest BCUT2D eigenvalue weighted by molar-refractivity contribution is 0.0697. The molecule has 0 amide bonds. The van der Waals surface area contributed by atoms with Crippen LogP contribution in [-0.2, 0) is 12.8 Å². The third-order valence-electron chi connectivity index (χ3n) is 3.15. The molecule has 4 heteroatoms. The third-order valence-corrected chi connectivity index (χ3v) is 4.23. The molecule has 2 aromatic carbocycles. The third kappa shape index (κ3) is 2.70. The van der Waals surface area contributed by atoms with Crippen molar-refractivity contribution in [3.63, 3.8) is 0 Å². The zero-order valence-electron chi connectivity index (χ0n) is 10.7. The normalized spacial score (nSPS) is 10.8. The van der Waals surface area contributed by atoms with Crippen molar-refractivity contribution >= 4 is 27.5 Å². The van der Waals surface area contributed by atoms with Gasteiger partial charge < -0.3 is 5.11 Å². The Morgan fingerprint density at radius 1 is 1.10 bits per heavy atom. The fourth-order valence-electron chi connectivity index (χ4n) is 2.11. The SMILES string of the molecule is O=C(O)c1ccc2nc(CCc3ccccc3)sc2c1. The number of nitrogens with zero attached hydrogens (tertiary/aromatic N) is 1. The first-order valence-electron chi connectivity index (χ1n) is 6.39. The number of fused-ring (bicyclic) bond motifs is 1. The molecule has 0 fully saturated rings. The van der Waals surface area contributed by atoms with Gasteiger partial charge in [-0.05, 0) is 30.2 Å². The summed E-state index contributed by atoms with van der Waals surface area (Å²) in [4.78, 5) is 15.5. The minimum atomic E-state index is -0.897. The summed E-state index contributed by atoms with van der Waals surface area (Å²) in [6, 6.07) is 15.4. The van der Waals surface area contributed by atoms with Gasteiger partial charge in [0, 0.05) is 6.42 Å². The molecule has 0 aliphatic carbocycles. The largest absolute Gasteiger partial charge is 0.478 e. The van der Waals surface area contributed by atoms with Crippen LogP contribution in [0.5, 0.6) is 0 Å². The molecule has 1 heterocycles. The minimum absolute atomic E-state index is 0.316. The van der Waals surface area contributed by atoms with Gasteiger partial charge in [-0.2, -0.15) is 0 Å². The molecule has 1 N–H and O–H groups in total. The van der Waals surface area contributed by atoms with Crippen molar-refractivity contribution in [2.45, 2.75) is 12.8 Å². The highest BCUT2D eigenvalue weighted by Gasteiger charge is 2.08. The number of aryl methyl sites for hydroxylation is 2. The van der Waals surface area contributed by atoms with E-state index in [1.807, 2.05) is 18.2 Å². The summed E-state index contributed by atoms with van der Waals surface area (Å²) in [5.74, 6) is -0.897. The number of aromatic carboxylic acids is 1. The van der Waals surface area contributed by atoms with Gasteiger partial charge in [0.2, 0.25) is 0 Å². The van der Waals surface area contributed by atoms with E-state index in [0.717, 1.165) is 28.1 Å². The van der Waals surface area contributed by atoms with Crippen molar-refractivity contribution in [3.8, 4) is 0 Å². The van der Waals surface area contributed by atoms with Crippen LogP contribution in [0.25, 0.3) is 10.2 Å². The van der Waals surface area contributed by atoms with Crippen molar-refractivity contribution in [2.75, 3.05) is 0 Å². The molecule has 100 valence electrons. The summed E-state index contributed by atoms with van der Waals surface area (Å²) < 4.78 is 0.938. The number of aromatic nitrogens is 1. The number of thiazole rings is 1. The molecular formula is C16H13NO2S. The summed E-state index contributed by atoms with van der Waals surface area (Å²) in [5, 5.41) is 10.0. The standard InChI is InChI=1S/C16H13NO2S/c18-16(19)12-7-8-13-14(10-12)20-15(17-13)9-6-11-4-2-1-3-5-11/h1-5,7-8,10H,6,9H2,(H,18,19). The van der Waals surface area contributed by atoms with Crippen LogP contribution < -0.4 is 0 Å². The highest BCUT2D eigenvalue weighted by molar-refractivity contribution is 7.18. The molecular weight excluding hydrogens is 270 g/mol. The topological polar surface area (TPSA) is 50.2 Å². The number of hydrogen-bond acceptors (Lipinski definition) is 3. The molecule has 20 heavy (non-hydrogen) atoms. The monoisotopic (exact) mass is 283 g/mol. The predicted octanol–water partition coefficient (Wildman–Crippen LogP) is 3.78. The van der Waals surface area contributed by atoms with Crippen LogP contribution in [0.15, 0.2) is 48.5 Å². The van der Waals surface area contributed by atoms with Crippen LogP contribution in [0.4, 0.5) is 0 Å². The lowest BCUT2D eigenvalue weighted by Crippen LogP contribution is -1.94.